The smallest absolute Gasteiger partial charge is 0.261 e. The number of nitrogens with two attached hydrogens (primary N) is 1. The highest BCUT2D eigenvalue weighted by atomic mass is 79.9. The molecule has 2 aromatic rings. The topological polar surface area (TPSA) is 64.3 Å². The molecule has 1 aromatic heterocycles. The molecule has 1 amide bonds. The fraction of sp³-hybridized carbons (Fsp3) is 0.214. The number of rotatable bonds is 5. The lowest BCUT2D eigenvalue weighted by molar-refractivity contribution is 0.0951. The third-order valence-corrected chi connectivity index (χ3v) is 4.78. The molecule has 0 bridgehead atoms. The van der Waals surface area contributed by atoms with Crippen molar-refractivity contribution in [3.8, 4) is 5.75 Å². The predicted octanol–water partition coefficient (Wildman–Crippen LogP) is 3.21. The number of para-hydroxylation sites is 2. The lowest BCUT2D eigenvalue weighted by Crippen LogP contribution is -2.27. The van der Waals surface area contributed by atoms with Gasteiger partial charge < -0.3 is 15.8 Å². The van der Waals surface area contributed by atoms with Crippen LogP contribution in [0.15, 0.2) is 34.1 Å². The number of benzene rings is 1. The molecule has 0 aliphatic rings. The zero-order valence-corrected chi connectivity index (χ0v) is 13.4. The van der Waals surface area contributed by atoms with Gasteiger partial charge in [0, 0.05) is 0 Å². The molecule has 4 nitrogen and oxygen atoms in total. The maximum atomic E-state index is 11.9. The van der Waals surface area contributed by atoms with Crippen molar-refractivity contribution in [3.05, 3.63) is 44.6 Å². The Labute approximate surface area is 130 Å². The summed E-state index contributed by atoms with van der Waals surface area (Å²) in [6.45, 7) is 2.77. The summed E-state index contributed by atoms with van der Waals surface area (Å²) in [6.07, 6.45) is 0. The molecule has 1 aromatic carbocycles. The Bertz CT molecular complexity index is 593. The van der Waals surface area contributed by atoms with Crippen LogP contribution in [0.5, 0.6) is 5.75 Å². The number of carbonyl (C=O) groups excluding carboxylic acids is 1. The van der Waals surface area contributed by atoms with Crippen LogP contribution in [-0.4, -0.2) is 19.1 Å². The quantitative estimate of drug-likeness (QED) is 0.639. The Morgan fingerprint density at radius 3 is 2.85 bits per heavy atom. The summed E-state index contributed by atoms with van der Waals surface area (Å²) < 4.78 is 6.49. The summed E-state index contributed by atoms with van der Waals surface area (Å²) in [5.41, 5.74) is 7.41. The summed E-state index contributed by atoms with van der Waals surface area (Å²) in [5, 5.41) is 2.81. The van der Waals surface area contributed by atoms with Gasteiger partial charge >= 0.3 is 0 Å². The number of hydrogen-bond acceptors (Lipinski definition) is 4. The molecule has 0 aliphatic carbocycles. The number of nitrogens with one attached hydrogen (secondary N) is 1. The lowest BCUT2D eigenvalue weighted by Gasteiger charge is -2.08. The van der Waals surface area contributed by atoms with E-state index < -0.39 is 0 Å². The first-order valence-electron chi connectivity index (χ1n) is 6.09. The Morgan fingerprint density at radius 1 is 1.45 bits per heavy atom. The third-order valence-electron chi connectivity index (χ3n) is 2.65. The van der Waals surface area contributed by atoms with Gasteiger partial charge in [-0.05, 0) is 46.6 Å². The highest BCUT2D eigenvalue weighted by molar-refractivity contribution is 9.11. The number of carbonyl (C=O) groups is 1. The van der Waals surface area contributed by atoms with Gasteiger partial charge in [0.05, 0.1) is 20.9 Å². The SMILES string of the molecule is Cc1cc(C(=O)NCCOc2ccccc2N)sc1Br. The van der Waals surface area contributed by atoms with Crippen molar-refractivity contribution >= 4 is 38.9 Å². The molecule has 1 heterocycles. The molecule has 0 radical (unpaired) electrons. The molecule has 20 heavy (non-hydrogen) atoms. The number of amides is 1. The van der Waals surface area contributed by atoms with E-state index in [4.69, 9.17) is 10.5 Å². The maximum absolute atomic E-state index is 11.9. The summed E-state index contributed by atoms with van der Waals surface area (Å²) >= 11 is 4.83. The van der Waals surface area contributed by atoms with Crippen LogP contribution in [0.25, 0.3) is 0 Å². The number of anilines is 1. The second-order valence-corrected chi connectivity index (χ2v) is 6.58. The van der Waals surface area contributed by atoms with Crippen molar-refractivity contribution in [2.24, 2.45) is 0 Å². The fourth-order valence-corrected chi connectivity index (χ4v) is 3.05. The Kier molecular flexibility index (Phi) is 5.03. The number of nitrogen functional groups attached to an aromatic ring is 1. The van der Waals surface area contributed by atoms with Crippen LogP contribution in [0.4, 0.5) is 5.69 Å². The van der Waals surface area contributed by atoms with Crippen LogP contribution in [0.3, 0.4) is 0 Å². The minimum atomic E-state index is -0.0894. The number of thiophene rings is 1. The molecule has 0 atom stereocenters. The predicted molar refractivity (Wildman–Crippen MR) is 85.4 cm³/mol. The summed E-state index contributed by atoms with van der Waals surface area (Å²) in [7, 11) is 0. The lowest BCUT2D eigenvalue weighted by atomic mass is 10.3. The molecule has 0 spiro atoms. The minimum Gasteiger partial charge on any atom is -0.490 e. The van der Waals surface area contributed by atoms with Crippen molar-refractivity contribution in [2.75, 3.05) is 18.9 Å². The molecule has 106 valence electrons. The van der Waals surface area contributed by atoms with Gasteiger partial charge in [-0.3, -0.25) is 4.79 Å². The number of halogens is 1. The normalized spacial score (nSPS) is 10.3. The fourth-order valence-electron chi connectivity index (χ4n) is 1.60. The van der Waals surface area contributed by atoms with E-state index in [1.54, 1.807) is 12.1 Å². The molecule has 3 N–H and O–H groups in total. The van der Waals surface area contributed by atoms with Crippen LogP contribution >= 0.6 is 27.3 Å². The zero-order valence-electron chi connectivity index (χ0n) is 11.0. The van der Waals surface area contributed by atoms with Crippen LogP contribution in [0, 0.1) is 6.92 Å². The minimum absolute atomic E-state index is 0.0894. The van der Waals surface area contributed by atoms with Gasteiger partial charge in [-0.1, -0.05) is 12.1 Å². The second-order valence-electron chi connectivity index (χ2n) is 4.21. The molecule has 0 unspecified atom stereocenters. The summed E-state index contributed by atoms with van der Waals surface area (Å²) in [5.74, 6) is 0.546. The molecular weight excluding hydrogens is 340 g/mol. The molecule has 0 fully saturated rings. The number of hydrogen-bond donors (Lipinski definition) is 2. The Balaban J connectivity index is 1.79. The monoisotopic (exact) mass is 354 g/mol. The summed E-state index contributed by atoms with van der Waals surface area (Å²) in [4.78, 5) is 12.6. The molecule has 0 saturated heterocycles. The van der Waals surface area contributed by atoms with Gasteiger partial charge in [-0.15, -0.1) is 11.3 Å². The van der Waals surface area contributed by atoms with Crippen molar-refractivity contribution < 1.29 is 9.53 Å². The van der Waals surface area contributed by atoms with E-state index in [-0.39, 0.29) is 5.91 Å². The van der Waals surface area contributed by atoms with Crippen molar-refractivity contribution in [1.29, 1.82) is 0 Å². The van der Waals surface area contributed by atoms with Gasteiger partial charge in [0.2, 0.25) is 0 Å². The second kappa shape index (κ2) is 6.76. The molecule has 0 saturated carbocycles. The first kappa shape index (κ1) is 14.9. The highest BCUT2D eigenvalue weighted by Gasteiger charge is 2.10. The Hall–Kier alpha value is -1.53. The van der Waals surface area contributed by atoms with E-state index in [0.29, 0.717) is 29.5 Å². The van der Waals surface area contributed by atoms with Crippen molar-refractivity contribution in [1.82, 2.24) is 5.32 Å². The first-order chi connectivity index (χ1) is 9.58. The van der Waals surface area contributed by atoms with Crippen LogP contribution in [0.1, 0.15) is 15.2 Å². The highest BCUT2D eigenvalue weighted by Crippen LogP contribution is 2.27. The molecule has 2 rings (SSSR count). The largest absolute Gasteiger partial charge is 0.490 e. The van der Waals surface area contributed by atoms with E-state index in [1.807, 2.05) is 25.1 Å². The van der Waals surface area contributed by atoms with E-state index in [9.17, 15) is 4.79 Å². The summed E-state index contributed by atoms with van der Waals surface area (Å²) in [6, 6.07) is 9.15. The number of aryl methyl sites for hydroxylation is 1. The maximum Gasteiger partial charge on any atom is 0.261 e. The van der Waals surface area contributed by atoms with Gasteiger partial charge in [-0.25, -0.2) is 0 Å². The third kappa shape index (κ3) is 3.74. The van der Waals surface area contributed by atoms with Gasteiger partial charge in [0.25, 0.3) is 5.91 Å². The van der Waals surface area contributed by atoms with Gasteiger partial charge in [-0.2, -0.15) is 0 Å². The molecule has 6 heteroatoms. The van der Waals surface area contributed by atoms with E-state index >= 15 is 0 Å². The van der Waals surface area contributed by atoms with Gasteiger partial charge in [0.1, 0.15) is 12.4 Å². The number of ether oxygens (including phenoxy) is 1. The standard InChI is InChI=1S/C14H15BrN2O2S/c1-9-8-12(20-13(9)15)14(18)17-6-7-19-11-5-3-2-4-10(11)16/h2-5,8H,6-7,16H2,1H3,(H,17,18). The average molecular weight is 355 g/mol. The Morgan fingerprint density at radius 2 is 2.20 bits per heavy atom. The van der Waals surface area contributed by atoms with Gasteiger partial charge in [0.15, 0.2) is 0 Å². The molecular formula is C14H15BrN2O2S. The first-order valence-corrected chi connectivity index (χ1v) is 7.70. The van der Waals surface area contributed by atoms with Crippen molar-refractivity contribution in [3.63, 3.8) is 0 Å². The van der Waals surface area contributed by atoms with Crippen LogP contribution in [0.2, 0.25) is 0 Å². The van der Waals surface area contributed by atoms with E-state index in [0.717, 1.165) is 9.35 Å². The molecule has 0 aliphatic heterocycles. The van der Waals surface area contributed by atoms with Crippen molar-refractivity contribution in [2.45, 2.75) is 6.92 Å². The van der Waals surface area contributed by atoms with Crippen LogP contribution in [-0.2, 0) is 0 Å². The zero-order chi connectivity index (χ0) is 14.5. The van der Waals surface area contributed by atoms with E-state index in [1.165, 1.54) is 11.3 Å². The average Bonchev–Trinajstić information content (AvgIpc) is 2.76. The van der Waals surface area contributed by atoms with Crippen LogP contribution < -0.4 is 15.8 Å². The van der Waals surface area contributed by atoms with E-state index in [2.05, 4.69) is 21.2 Å².